The van der Waals surface area contributed by atoms with E-state index in [4.69, 9.17) is 35.5 Å². The summed E-state index contributed by atoms with van der Waals surface area (Å²) in [7, 11) is 3.07. The second-order valence-corrected chi connectivity index (χ2v) is 14.1. The number of hydrogen-bond donors (Lipinski definition) is 0. The first-order valence-electron chi connectivity index (χ1n) is 13.5. The minimum absolute atomic E-state index is 0.167. The standard InChI is InChI=1S/C32H26Br2ClIN2O6S/c1-5-43-31(40)27-16(2)37-32-38(28(27)21-13-24(41-3)25(42-4)14-22(21)34)30(39)26(45-32)11-18-10-19(33)12-23(36)29(18)44-15-17-6-8-20(35)9-7-17/h6-14,28H,5,15H2,1-4H3/b26-11-/t28-/m0/s1. The lowest BCUT2D eigenvalue weighted by Crippen LogP contribution is -2.40. The van der Waals surface area contributed by atoms with Crippen LogP contribution in [0.3, 0.4) is 0 Å². The van der Waals surface area contributed by atoms with Crippen LogP contribution in [-0.4, -0.2) is 31.4 Å². The molecule has 0 amide bonds. The molecule has 3 aromatic carbocycles. The van der Waals surface area contributed by atoms with Gasteiger partial charge < -0.3 is 18.9 Å². The smallest absolute Gasteiger partial charge is 0.338 e. The van der Waals surface area contributed by atoms with Crippen LogP contribution in [0.2, 0.25) is 5.02 Å². The molecule has 5 rings (SSSR count). The van der Waals surface area contributed by atoms with Crippen molar-refractivity contribution in [2.75, 3.05) is 20.8 Å². The Kier molecular flexibility index (Phi) is 10.8. The molecule has 1 aromatic heterocycles. The number of rotatable bonds is 9. The monoisotopic (exact) mass is 886 g/mol. The number of methoxy groups -OCH3 is 2. The molecule has 1 aliphatic rings. The van der Waals surface area contributed by atoms with Gasteiger partial charge in [0.15, 0.2) is 16.3 Å². The Labute approximate surface area is 298 Å². The predicted octanol–water partition coefficient (Wildman–Crippen LogP) is 7.18. The molecular weight excluding hydrogens is 863 g/mol. The van der Waals surface area contributed by atoms with Crippen molar-refractivity contribution in [2.45, 2.75) is 26.5 Å². The summed E-state index contributed by atoms with van der Waals surface area (Å²) >= 11 is 16.7. The number of allylic oxidation sites excluding steroid dienone is 1. The van der Waals surface area contributed by atoms with Gasteiger partial charge in [-0.05, 0) is 90.0 Å². The van der Waals surface area contributed by atoms with Gasteiger partial charge in [0.05, 0.1) is 46.2 Å². The summed E-state index contributed by atoms with van der Waals surface area (Å²) in [5, 5.41) is 0.646. The van der Waals surface area contributed by atoms with Gasteiger partial charge in [-0.2, -0.15) is 0 Å². The van der Waals surface area contributed by atoms with Crippen LogP contribution in [0.1, 0.15) is 36.6 Å². The average molecular weight is 889 g/mol. The van der Waals surface area contributed by atoms with Crippen LogP contribution in [0, 0.1) is 3.57 Å². The number of nitrogens with zero attached hydrogens (tertiary/aromatic N) is 2. The predicted molar refractivity (Wildman–Crippen MR) is 190 cm³/mol. The molecule has 0 saturated carbocycles. The largest absolute Gasteiger partial charge is 0.493 e. The molecule has 1 atom stereocenters. The molecule has 1 aliphatic heterocycles. The van der Waals surface area contributed by atoms with Crippen LogP contribution < -0.4 is 29.1 Å². The number of carbonyl (C=O) groups is 1. The Balaban J connectivity index is 1.69. The Morgan fingerprint density at radius 3 is 2.47 bits per heavy atom. The molecule has 0 radical (unpaired) electrons. The van der Waals surface area contributed by atoms with Crippen LogP contribution in [0.15, 0.2) is 78.5 Å². The van der Waals surface area contributed by atoms with E-state index in [9.17, 15) is 9.59 Å². The molecule has 0 spiro atoms. The maximum atomic E-state index is 14.3. The molecule has 2 heterocycles. The molecule has 8 nitrogen and oxygen atoms in total. The summed E-state index contributed by atoms with van der Waals surface area (Å²) in [6.45, 7) is 3.95. The van der Waals surface area contributed by atoms with E-state index in [0.29, 0.717) is 59.5 Å². The highest BCUT2D eigenvalue weighted by Gasteiger charge is 2.35. The first-order chi connectivity index (χ1) is 21.6. The van der Waals surface area contributed by atoms with Gasteiger partial charge in [0.2, 0.25) is 0 Å². The normalized spacial score (nSPS) is 14.6. The zero-order chi connectivity index (χ0) is 32.4. The molecule has 0 saturated heterocycles. The highest BCUT2D eigenvalue weighted by atomic mass is 127. The molecule has 0 aliphatic carbocycles. The van der Waals surface area contributed by atoms with Gasteiger partial charge in [-0.3, -0.25) is 9.36 Å². The first kappa shape index (κ1) is 33.7. The number of aromatic nitrogens is 1. The molecule has 45 heavy (non-hydrogen) atoms. The van der Waals surface area contributed by atoms with E-state index in [0.717, 1.165) is 13.6 Å². The summed E-state index contributed by atoms with van der Waals surface area (Å²) in [5.74, 6) is 1.01. The molecule has 0 unspecified atom stereocenters. The fourth-order valence-corrected chi connectivity index (χ4v) is 8.29. The highest BCUT2D eigenvalue weighted by Crippen LogP contribution is 2.41. The third kappa shape index (κ3) is 7.04. The van der Waals surface area contributed by atoms with E-state index < -0.39 is 12.0 Å². The van der Waals surface area contributed by atoms with Crippen molar-refractivity contribution < 1.29 is 23.7 Å². The highest BCUT2D eigenvalue weighted by molar-refractivity contribution is 14.1. The first-order valence-corrected chi connectivity index (χ1v) is 17.4. The maximum Gasteiger partial charge on any atom is 0.338 e. The number of fused-ring (bicyclic) bond motifs is 1. The summed E-state index contributed by atoms with van der Waals surface area (Å²) in [5.41, 5.74) is 2.66. The number of ether oxygens (including phenoxy) is 4. The van der Waals surface area contributed by atoms with Crippen molar-refractivity contribution in [1.82, 2.24) is 4.57 Å². The number of hydrogen-bond acceptors (Lipinski definition) is 8. The van der Waals surface area contributed by atoms with E-state index in [1.165, 1.54) is 30.1 Å². The van der Waals surface area contributed by atoms with E-state index in [1.54, 1.807) is 32.1 Å². The van der Waals surface area contributed by atoms with Crippen molar-refractivity contribution in [3.05, 3.63) is 114 Å². The van der Waals surface area contributed by atoms with Crippen LogP contribution in [0.4, 0.5) is 0 Å². The molecule has 0 bridgehead atoms. The molecule has 13 heteroatoms. The number of thiazole rings is 1. The Morgan fingerprint density at radius 1 is 1.11 bits per heavy atom. The van der Waals surface area contributed by atoms with E-state index >= 15 is 0 Å². The quantitative estimate of drug-likeness (QED) is 0.131. The lowest BCUT2D eigenvalue weighted by atomic mass is 9.95. The second-order valence-electron chi connectivity index (χ2n) is 9.75. The number of benzene rings is 3. The molecule has 0 N–H and O–H groups in total. The minimum Gasteiger partial charge on any atom is -0.493 e. The van der Waals surface area contributed by atoms with E-state index in [-0.39, 0.29) is 17.7 Å². The second kappa shape index (κ2) is 14.4. The van der Waals surface area contributed by atoms with Gasteiger partial charge in [-0.25, -0.2) is 9.79 Å². The molecule has 0 fully saturated rings. The number of esters is 1. The Morgan fingerprint density at radius 2 is 1.80 bits per heavy atom. The van der Waals surface area contributed by atoms with Crippen molar-refractivity contribution in [1.29, 1.82) is 0 Å². The van der Waals surface area contributed by atoms with Gasteiger partial charge in [0.1, 0.15) is 12.4 Å². The van der Waals surface area contributed by atoms with Crippen molar-refractivity contribution in [2.24, 2.45) is 4.99 Å². The van der Waals surface area contributed by atoms with E-state index in [2.05, 4.69) is 54.5 Å². The molecular formula is C32H26Br2ClIN2O6S. The summed E-state index contributed by atoms with van der Waals surface area (Å²) in [6, 6.07) is 13.9. The summed E-state index contributed by atoms with van der Waals surface area (Å²) < 4.78 is 27.0. The van der Waals surface area contributed by atoms with Crippen molar-refractivity contribution in [3.63, 3.8) is 0 Å². The van der Waals surface area contributed by atoms with Crippen molar-refractivity contribution in [3.8, 4) is 17.2 Å². The minimum atomic E-state index is -0.847. The van der Waals surface area contributed by atoms with Crippen LogP contribution in [-0.2, 0) is 16.1 Å². The van der Waals surface area contributed by atoms with Gasteiger partial charge in [-0.15, -0.1) is 0 Å². The van der Waals surface area contributed by atoms with Gasteiger partial charge in [0, 0.05) is 19.5 Å². The summed E-state index contributed by atoms with van der Waals surface area (Å²) in [6.07, 6.45) is 1.79. The summed E-state index contributed by atoms with van der Waals surface area (Å²) in [4.78, 5) is 32.8. The maximum absolute atomic E-state index is 14.3. The van der Waals surface area contributed by atoms with Crippen LogP contribution in [0.5, 0.6) is 17.2 Å². The number of halogens is 4. The Hall–Kier alpha value is -2.65. The SMILES string of the molecule is CCOC(=O)C1=C(C)N=c2s/c(=C\c3cc(Br)cc(I)c3OCc3ccc(Cl)cc3)c(=O)n2[C@H]1c1cc(OC)c(OC)cc1Br. The fraction of sp³-hybridized carbons (Fsp3) is 0.219. The lowest BCUT2D eigenvalue weighted by molar-refractivity contribution is -0.139. The van der Waals surface area contributed by atoms with Gasteiger partial charge in [-0.1, -0.05) is 66.9 Å². The number of carbonyl (C=O) groups excluding carboxylic acids is 1. The van der Waals surface area contributed by atoms with Crippen molar-refractivity contribution >= 4 is 89.4 Å². The van der Waals surface area contributed by atoms with Gasteiger partial charge in [0.25, 0.3) is 5.56 Å². The zero-order valence-electron chi connectivity index (χ0n) is 24.5. The third-order valence-corrected chi connectivity index (χ3v) is 10.1. The lowest BCUT2D eigenvalue weighted by Gasteiger charge is -2.26. The fourth-order valence-electron chi connectivity index (χ4n) is 4.88. The molecule has 234 valence electrons. The van der Waals surface area contributed by atoms with Gasteiger partial charge >= 0.3 is 5.97 Å². The van der Waals surface area contributed by atoms with Crippen LogP contribution in [0.25, 0.3) is 6.08 Å². The molecule has 4 aromatic rings. The van der Waals surface area contributed by atoms with E-state index in [1.807, 2.05) is 36.4 Å². The third-order valence-electron chi connectivity index (χ3n) is 6.93. The topological polar surface area (TPSA) is 88.4 Å². The average Bonchev–Trinajstić information content (AvgIpc) is 3.30. The zero-order valence-corrected chi connectivity index (χ0v) is 31.4. The Bertz CT molecular complexity index is 2010. The van der Waals surface area contributed by atoms with Crippen LogP contribution >= 0.6 is 77.4 Å².